The molecule has 0 aromatic heterocycles. The largest absolute Gasteiger partial charge is 0.493 e. The normalized spacial score (nSPS) is 24.5. The molecule has 0 radical (unpaired) electrons. The first-order chi connectivity index (χ1) is 14.2. The summed E-state index contributed by atoms with van der Waals surface area (Å²) in [6.07, 6.45) is -1.000. The minimum atomic E-state index is -0.758. The van der Waals surface area contributed by atoms with Gasteiger partial charge in [-0.2, -0.15) is 0 Å². The van der Waals surface area contributed by atoms with Crippen LogP contribution in [0.25, 0.3) is 0 Å². The summed E-state index contributed by atoms with van der Waals surface area (Å²) in [7, 11) is 1.62. The summed E-state index contributed by atoms with van der Waals surface area (Å²) in [5, 5.41) is 10.9. The topological polar surface area (TPSA) is 60.5 Å². The van der Waals surface area contributed by atoms with Gasteiger partial charge in [0, 0.05) is 5.56 Å². The van der Waals surface area contributed by atoms with Crippen molar-refractivity contribution < 1.29 is 24.1 Å². The van der Waals surface area contributed by atoms with Gasteiger partial charge in [0.05, 0.1) is 7.11 Å². The summed E-state index contributed by atoms with van der Waals surface area (Å²) in [4.78, 5) is 0. The average molecular weight is 390 g/mol. The van der Waals surface area contributed by atoms with Crippen molar-refractivity contribution in [1.82, 2.24) is 0 Å². The SMILES string of the molecule is COc1cc(C2OC23COc2ccccc2C3O)ccc1OCc1ccccc1. The van der Waals surface area contributed by atoms with Crippen molar-refractivity contribution in [1.29, 1.82) is 0 Å². The smallest absolute Gasteiger partial charge is 0.163 e. The van der Waals surface area contributed by atoms with Gasteiger partial charge >= 0.3 is 0 Å². The second-order valence-corrected chi connectivity index (χ2v) is 7.37. The molecule has 5 heteroatoms. The predicted molar refractivity (Wildman–Crippen MR) is 107 cm³/mol. The molecule has 0 bridgehead atoms. The van der Waals surface area contributed by atoms with E-state index in [4.69, 9.17) is 18.9 Å². The summed E-state index contributed by atoms with van der Waals surface area (Å²) >= 11 is 0. The van der Waals surface area contributed by atoms with E-state index in [1.807, 2.05) is 72.8 Å². The van der Waals surface area contributed by atoms with Crippen LogP contribution in [0.2, 0.25) is 0 Å². The van der Waals surface area contributed by atoms with Crippen LogP contribution in [0.1, 0.15) is 28.9 Å². The minimum absolute atomic E-state index is 0.261. The molecule has 0 amide bonds. The van der Waals surface area contributed by atoms with E-state index in [2.05, 4.69) is 0 Å². The quantitative estimate of drug-likeness (QED) is 0.662. The lowest BCUT2D eigenvalue weighted by molar-refractivity contribution is 0.0223. The Labute approximate surface area is 169 Å². The number of hydrogen-bond donors (Lipinski definition) is 1. The van der Waals surface area contributed by atoms with Gasteiger partial charge in [-0.3, -0.25) is 0 Å². The van der Waals surface area contributed by atoms with Crippen molar-refractivity contribution in [3.8, 4) is 17.2 Å². The number of ether oxygens (including phenoxy) is 4. The standard InChI is InChI=1S/C24H22O5/c1-26-21-13-17(11-12-20(21)27-14-16-7-3-2-4-8-16)23-24(29-23)15-28-19-10-6-5-9-18(19)22(24)25/h2-13,22-23,25H,14-15H2,1H3. The lowest BCUT2D eigenvalue weighted by Crippen LogP contribution is -2.35. The molecule has 5 rings (SSSR count). The number of fused-ring (bicyclic) bond motifs is 1. The lowest BCUT2D eigenvalue weighted by Gasteiger charge is -2.28. The van der Waals surface area contributed by atoms with Crippen molar-refractivity contribution in [2.24, 2.45) is 0 Å². The third-order valence-electron chi connectivity index (χ3n) is 5.58. The Bertz CT molecular complexity index is 1020. The molecule has 2 heterocycles. The van der Waals surface area contributed by atoms with Gasteiger partial charge in [0.1, 0.15) is 31.2 Å². The molecule has 5 nitrogen and oxygen atoms in total. The van der Waals surface area contributed by atoms with Gasteiger partial charge in [0.15, 0.2) is 17.1 Å². The fraction of sp³-hybridized carbons (Fsp3) is 0.250. The monoisotopic (exact) mass is 390 g/mol. The summed E-state index contributed by atoms with van der Waals surface area (Å²) < 4.78 is 23.3. The number of para-hydroxylation sites is 1. The molecule has 3 aromatic carbocycles. The van der Waals surface area contributed by atoms with E-state index in [1.165, 1.54) is 0 Å². The van der Waals surface area contributed by atoms with E-state index in [0.29, 0.717) is 30.5 Å². The van der Waals surface area contributed by atoms with Crippen molar-refractivity contribution in [2.75, 3.05) is 13.7 Å². The van der Waals surface area contributed by atoms with Gasteiger partial charge in [-0.05, 0) is 29.3 Å². The molecule has 148 valence electrons. The van der Waals surface area contributed by atoms with Crippen LogP contribution in [0, 0.1) is 0 Å². The predicted octanol–water partition coefficient (Wildman–Crippen LogP) is 4.21. The number of methoxy groups -OCH3 is 1. The Hall–Kier alpha value is -3.02. The Kier molecular flexibility index (Phi) is 4.42. The molecule has 2 aliphatic heterocycles. The van der Waals surface area contributed by atoms with Crippen LogP contribution >= 0.6 is 0 Å². The Morgan fingerprint density at radius 2 is 1.79 bits per heavy atom. The van der Waals surface area contributed by atoms with Gasteiger partial charge in [-0.25, -0.2) is 0 Å². The highest BCUT2D eigenvalue weighted by molar-refractivity contribution is 5.48. The zero-order valence-electron chi connectivity index (χ0n) is 16.1. The van der Waals surface area contributed by atoms with Crippen LogP contribution in [-0.2, 0) is 11.3 Å². The van der Waals surface area contributed by atoms with Gasteiger partial charge in [-0.15, -0.1) is 0 Å². The molecule has 0 saturated carbocycles. The van der Waals surface area contributed by atoms with Gasteiger partial charge in [-0.1, -0.05) is 54.6 Å². The van der Waals surface area contributed by atoms with Crippen LogP contribution in [0.5, 0.6) is 17.2 Å². The zero-order valence-corrected chi connectivity index (χ0v) is 16.1. The number of hydrogen-bond acceptors (Lipinski definition) is 5. The fourth-order valence-corrected chi connectivity index (χ4v) is 3.93. The number of benzene rings is 3. The molecule has 2 aliphatic rings. The maximum absolute atomic E-state index is 10.9. The van der Waals surface area contributed by atoms with Crippen LogP contribution in [0.3, 0.4) is 0 Å². The molecule has 3 atom stereocenters. The maximum Gasteiger partial charge on any atom is 0.163 e. The first-order valence-electron chi connectivity index (χ1n) is 9.63. The highest BCUT2D eigenvalue weighted by atomic mass is 16.7. The van der Waals surface area contributed by atoms with Crippen LogP contribution in [0.15, 0.2) is 72.8 Å². The highest BCUT2D eigenvalue weighted by Gasteiger charge is 2.65. The van der Waals surface area contributed by atoms with E-state index in [1.54, 1.807) is 7.11 Å². The van der Waals surface area contributed by atoms with Crippen molar-refractivity contribution in [3.05, 3.63) is 89.5 Å². The maximum atomic E-state index is 10.9. The van der Waals surface area contributed by atoms with E-state index in [0.717, 1.165) is 16.7 Å². The van der Waals surface area contributed by atoms with Crippen molar-refractivity contribution in [2.45, 2.75) is 24.4 Å². The second-order valence-electron chi connectivity index (χ2n) is 7.37. The van der Waals surface area contributed by atoms with Gasteiger partial charge in [0.2, 0.25) is 0 Å². The first kappa shape index (κ1) is 18.0. The Morgan fingerprint density at radius 1 is 1.00 bits per heavy atom. The van der Waals surface area contributed by atoms with Crippen LogP contribution in [0.4, 0.5) is 0 Å². The first-order valence-corrected chi connectivity index (χ1v) is 9.63. The highest BCUT2D eigenvalue weighted by Crippen LogP contribution is 2.60. The number of aliphatic hydroxyl groups excluding tert-OH is 1. The molecule has 1 N–H and O–H groups in total. The van der Waals surface area contributed by atoms with Crippen LogP contribution < -0.4 is 14.2 Å². The van der Waals surface area contributed by atoms with E-state index in [-0.39, 0.29) is 6.10 Å². The van der Waals surface area contributed by atoms with Crippen LogP contribution in [-0.4, -0.2) is 24.4 Å². The van der Waals surface area contributed by atoms with E-state index < -0.39 is 11.7 Å². The summed E-state index contributed by atoms with van der Waals surface area (Å²) in [5.41, 5.74) is 2.02. The fourth-order valence-electron chi connectivity index (χ4n) is 3.93. The van der Waals surface area contributed by atoms with Crippen molar-refractivity contribution >= 4 is 0 Å². The van der Waals surface area contributed by atoms with E-state index >= 15 is 0 Å². The summed E-state index contributed by atoms with van der Waals surface area (Å²) in [6, 6.07) is 23.3. The van der Waals surface area contributed by atoms with Crippen molar-refractivity contribution in [3.63, 3.8) is 0 Å². The number of epoxide rings is 1. The van der Waals surface area contributed by atoms with E-state index in [9.17, 15) is 5.11 Å². The third kappa shape index (κ3) is 3.12. The molecule has 0 aliphatic carbocycles. The zero-order chi connectivity index (χ0) is 19.8. The molecule has 3 aromatic rings. The second kappa shape index (κ2) is 7.10. The molecular formula is C24H22O5. The lowest BCUT2D eigenvalue weighted by atomic mass is 9.88. The summed E-state index contributed by atoms with van der Waals surface area (Å²) in [6.45, 7) is 0.772. The molecular weight excluding hydrogens is 368 g/mol. The van der Waals surface area contributed by atoms with Gasteiger partial charge < -0.3 is 24.1 Å². The molecule has 1 spiro atoms. The average Bonchev–Trinajstić information content (AvgIpc) is 3.51. The molecule has 29 heavy (non-hydrogen) atoms. The Balaban J connectivity index is 1.35. The molecule has 1 fully saturated rings. The number of rotatable bonds is 5. The molecule has 1 saturated heterocycles. The van der Waals surface area contributed by atoms with Gasteiger partial charge in [0.25, 0.3) is 0 Å². The summed E-state index contributed by atoms with van der Waals surface area (Å²) in [5.74, 6) is 2.01. The minimum Gasteiger partial charge on any atom is -0.493 e. The Morgan fingerprint density at radius 3 is 2.62 bits per heavy atom. The molecule has 3 unspecified atom stereocenters. The number of aliphatic hydroxyl groups is 1. The third-order valence-corrected chi connectivity index (χ3v) is 5.58.